The number of amides is 1. The van der Waals surface area contributed by atoms with Crippen LogP contribution in [-0.4, -0.2) is 36.5 Å². The van der Waals surface area contributed by atoms with Crippen molar-refractivity contribution >= 4 is 21.8 Å². The molecular weight excluding hydrogens is 284 g/mol. The Labute approximate surface area is 108 Å². The molecule has 4 nitrogen and oxygen atoms in total. The molecule has 2 bridgehead atoms. The molecule has 1 aromatic heterocycles. The highest BCUT2D eigenvalue weighted by atomic mass is 79.9. The van der Waals surface area contributed by atoms with Crippen LogP contribution >= 0.6 is 15.9 Å². The van der Waals surface area contributed by atoms with Crippen molar-refractivity contribution in [2.24, 2.45) is 5.92 Å². The van der Waals surface area contributed by atoms with Crippen molar-refractivity contribution in [1.82, 2.24) is 10.2 Å². The summed E-state index contributed by atoms with van der Waals surface area (Å²) in [7, 11) is 0. The molecule has 1 unspecified atom stereocenters. The molecule has 0 radical (unpaired) electrons. The molecule has 0 aliphatic carbocycles. The van der Waals surface area contributed by atoms with Gasteiger partial charge < -0.3 is 14.6 Å². The molecule has 1 N–H and O–H groups in total. The average molecular weight is 299 g/mol. The Kier molecular flexibility index (Phi) is 2.96. The number of fused-ring (bicyclic) bond motifs is 3. The number of carbonyl (C=O) groups excluding carboxylic acids is 1. The normalized spacial score (nSPS) is 31.5. The summed E-state index contributed by atoms with van der Waals surface area (Å²) in [4.78, 5) is 14.4. The van der Waals surface area contributed by atoms with Gasteiger partial charge in [0, 0.05) is 12.6 Å². The lowest BCUT2D eigenvalue weighted by molar-refractivity contribution is 0.0605. The monoisotopic (exact) mass is 298 g/mol. The minimum Gasteiger partial charge on any atom is -0.444 e. The zero-order valence-corrected chi connectivity index (χ0v) is 11.1. The molecule has 4 heterocycles. The lowest BCUT2D eigenvalue weighted by atomic mass is 9.84. The Bertz CT molecular complexity index is 424. The molecule has 0 saturated carbocycles. The van der Waals surface area contributed by atoms with E-state index in [0.717, 1.165) is 6.54 Å². The molecule has 1 amide bonds. The zero-order chi connectivity index (χ0) is 11.8. The number of halogens is 1. The average Bonchev–Trinajstić information content (AvgIpc) is 2.77. The molecule has 1 atom stereocenters. The van der Waals surface area contributed by atoms with Crippen molar-refractivity contribution in [3.8, 4) is 0 Å². The Hall–Kier alpha value is -0.810. The summed E-state index contributed by atoms with van der Waals surface area (Å²) in [6, 6.07) is 3.72. The fraction of sp³-hybridized carbons (Fsp3) is 0.583. The first-order valence-electron chi connectivity index (χ1n) is 6.01. The van der Waals surface area contributed by atoms with Crippen LogP contribution in [0.15, 0.2) is 21.2 Å². The quantitative estimate of drug-likeness (QED) is 0.907. The summed E-state index contributed by atoms with van der Waals surface area (Å²) in [5.74, 6) is 0.921. The van der Waals surface area contributed by atoms with E-state index in [1.165, 1.54) is 25.9 Å². The first kappa shape index (κ1) is 11.3. The van der Waals surface area contributed by atoms with Crippen molar-refractivity contribution < 1.29 is 9.21 Å². The Morgan fingerprint density at radius 2 is 2.18 bits per heavy atom. The molecule has 3 fully saturated rings. The van der Waals surface area contributed by atoms with Gasteiger partial charge in [0.25, 0.3) is 5.91 Å². The Morgan fingerprint density at radius 1 is 1.41 bits per heavy atom. The molecule has 0 spiro atoms. The Morgan fingerprint density at radius 3 is 2.71 bits per heavy atom. The first-order valence-corrected chi connectivity index (χ1v) is 6.80. The van der Waals surface area contributed by atoms with Gasteiger partial charge in [0.1, 0.15) is 0 Å². The van der Waals surface area contributed by atoms with Gasteiger partial charge in [-0.15, -0.1) is 0 Å². The van der Waals surface area contributed by atoms with E-state index in [1.807, 2.05) is 0 Å². The van der Waals surface area contributed by atoms with Gasteiger partial charge in [-0.1, -0.05) is 0 Å². The molecule has 0 aromatic carbocycles. The van der Waals surface area contributed by atoms with Crippen molar-refractivity contribution in [3.63, 3.8) is 0 Å². The van der Waals surface area contributed by atoms with Gasteiger partial charge in [-0.2, -0.15) is 0 Å². The van der Waals surface area contributed by atoms with E-state index in [1.54, 1.807) is 12.1 Å². The fourth-order valence-electron chi connectivity index (χ4n) is 2.80. The highest BCUT2D eigenvalue weighted by Crippen LogP contribution is 2.27. The third-order valence-corrected chi connectivity index (χ3v) is 4.20. The van der Waals surface area contributed by atoms with E-state index in [-0.39, 0.29) is 11.9 Å². The van der Waals surface area contributed by atoms with Crippen LogP contribution in [-0.2, 0) is 0 Å². The lowest BCUT2D eigenvalue weighted by Gasteiger charge is -2.44. The van der Waals surface area contributed by atoms with Crippen molar-refractivity contribution in [2.75, 3.05) is 19.6 Å². The lowest BCUT2D eigenvalue weighted by Crippen LogP contribution is -2.57. The maximum atomic E-state index is 12.0. The number of hydrogen-bond acceptors (Lipinski definition) is 3. The zero-order valence-electron chi connectivity index (χ0n) is 9.49. The molecule has 5 heteroatoms. The number of piperidine rings is 3. The molecule has 3 aliphatic heterocycles. The number of nitrogens with zero attached hydrogens (tertiary/aromatic N) is 1. The molecule has 17 heavy (non-hydrogen) atoms. The van der Waals surface area contributed by atoms with Crippen molar-refractivity contribution in [3.05, 3.63) is 22.6 Å². The second-order valence-electron chi connectivity index (χ2n) is 4.82. The molecule has 92 valence electrons. The third kappa shape index (κ3) is 2.26. The summed E-state index contributed by atoms with van der Waals surface area (Å²) in [6.45, 7) is 3.35. The predicted molar refractivity (Wildman–Crippen MR) is 66.8 cm³/mol. The van der Waals surface area contributed by atoms with Crippen molar-refractivity contribution in [1.29, 1.82) is 0 Å². The number of hydrogen-bond donors (Lipinski definition) is 1. The summed E-state index contributed by atoms with van der Waals surface area (Å²) in [5, 5.41) is 3.08. The second kappa shape index (κ2) is 4.46. The molecule has 3 saturated heterocycles. The van der Waals surface area contributed by atoms with Gasteiger partial charge in [0.2, 0.25) is 0 Å². The molecule has 1 aromatic rings. The van der Waals surface area contributed by atoms with Crippen molar-refractivity contribution in [2.45, 2.75) is 18.9 Å². The number of carbonyl (C=O) groups is 1. The number of nitrogens with one attached hydrogen (secondary N) is 1. The van der Waals surface area contributed by atoms with Crippen LogP contribution in [0, 0.1) is 5.92 Å². The van der Waals surface area contributed by atoms with Crippen LogP contribution < -0.4 is 5.32 Å². The van der Waals surface area contributed by atoms with Crippen LogP contribution in [0.2, 0.25) is 0 Å². The highest BCUT2D eigenvalue weighted by Gasteiger charge is 2.35. The van der Waals surface area contributed by atoms with Crippen LogP contribution in [0.1, 0.15) is 23.4 Å². The van der Waals surface area contributed by atoms with Crippen LogP contribution in [0.5, 0.6) is 0 Å². The number of furan rings is 1. The van der Waals surface area contributed by atoms with E-state index >= 15 is 0 Å². The maximum Gasteiger partial charge on any atom is 0.287 e. The second-order valence-corrected chi connectivity index (χ2v) is 5.60. The smallest absolute Gasteiger partial charge is 0.287 e. The topological polar surface area (TPSA) is 45.5 Å². The van der Waals surface area contributed by atoms with Gasteiger partial charge in [0.15, 0.2) is 10.4 Å². The fourth-order valence-corrected chi connectivity index (χ4v) is 3.11. The minimum absolute atomic E-state index is 0.102. The minimum atomic E-state index is -0.102. The van der Waals surface area contributed by atoms with Gasteiger partial charge in [-0.25, -0.2) is 0 Å². The molecule has 3 aliphatic rings. The summed E-state index contributed by atoms with van der Waals surface area (Å²) in [6.07, 6.45) is 2.40. The standard InChI is InChI=1S/C12H15BrN2O2/c13-11-2-1-10(17-11)12(16)14-9-7-15-5-3-8(9)4-6-15/h1-2,8-9H,3-7H2,(H,14,16). The van der Waals surface area contributed by atoms with E-state index < -0.39 is 0 Å². The van der Waals surface area contributed by atoms with Gasteiger partial charge in [-0.3, -0.25) is 4.79 Å². The largest absolute Gasteiger partial charge is 0.444 e. The van der Waals surface area contributed by atoms with E-state index in [9.17, 15) is 4.79 Å². The van der Waals surface area contributed by atoms with Crippen LogP contribution in [0.4, 0.5) is 0 Å². The van der Waals surface area contributed by atoms with Gasteiger partial charge in [0.05, 0.1) is 0 Å². The SMILES string of the molecule is O=C(NC1CN2CCC1CC2)c1ccc(Br)o1. The maximum absolute atomic E-state index is 12.0. The summed E-state index contributed by atoms with van der Waals surface area (Å²) >= 11 is 3.20. The number of rotatable bonds is 2. The Balaban J connectivity index is 1.65. The van der Waals surface area contributed by atoms with E-state index in [0.29, 0.717) is 16.3 Å². The van der Waals surface area contributed by atoms with Gasteiger partial charge in [-0.05, 0) is 59.9 Å². The van der Waals surface area contributed by atoms with Crippen LogP contribution in [0.25, 0.3) is 0 Å². The molecule has 4 rings (SSSR count). The van der Waals surface area contributed by atoms with E-state index in [4.69, 9.17) is 4.42 Å². The highest BCUT2D eigenvalue weighted by molar-refractivity contribution is 9.10. The van der Waals surface area contributed by atoms with Crippen LogP contribution in [0.3, 0.4) is 0 Å². The predicted octanol–water partition coefficient (Wildman–Crippen LogP) is 1.87. The molecular formula is C12H15BrN2O2. The summed E-state index contributed by atoms with van der Waals surface area (Å²) < 4.78 is 5.85. The summed E-state index contributed by atoms with van der Waals surface area (Å²) in [5.41, 5.74) is 0. The van der Waals surface area contributed by atoms with E-state index in [2.05, 4.69) is 26.1 Å². The third-order valence-electron chi connectivity index (χ3n) is 3.77. The van der Waals surface area contributed by atoms with Gasteiger partial charge >= 0.3 is 0 Å². The first-order chi connectivity index (χ1) is 8.22.